The van der Waals surface area contributed by atoms with Gasteiger partial charge in [0, 0.05) is 32.8 Å². The number of rotatable bonds is 9. The molecule has 0 unspecified atom stereocenters. The van der Waals surface area contributed by atoms with Gasteiger partial charge in [0.1, 0.15) is 0 Å². The number of hydrogen-bond donors (Lipinski definition) is 2. The summed E-state index contributed by atoms with van der Waals surface area (Å²) in [5, 5.41) is 6.57. The molecule has 0 aliphatic carbocycles. The molecule has 4 nitrogen and oxygen atoms in total. The van der Waals surface area contributed by atoms with Crippen LogP contribution < -0.4 is 10.6 Å². The maximum Gasteiger partial charge on any atom is 0.191 e. The Kier molecular flexibility index (Phi) is 16.1. The SMILES string of the molecule is CCNC(=NCC(C)C)NCCCOCC(C)C.I. The Morgan fingerprint density at radius 2 is 1.79 bits per heavy atom. The van der Waals surface area contributed by atoms with E-state index in [2.05, 4.69) is 50.2 Å². The molecule has 5 heteroatoms. The molecule has 0 saturated heterocycles. The standard InChI is InChI=1S/C14H31N3O.HI/c1-6-15-14(17-10-12(2)3)16-8-7-9-18-11-13(4)5;/h12-13H,6-11H2,1-5H3,(H2,15,16,17);1H. The van der Waals surface area contributed by atoms with Crippen LogP contribution in [0.25, 0.3) is 0 Å². The third-order valence-corrected chi connectivity index (χ3v) is 2.17. The van der Waals surface area contributed by atoms with E-state index in [1.807, 2.05) is 0 Å². The van der Waals surface area contributed by atoms with Crippen molar-refractivity contribution in [1.29, 1.82) is 0 Å². The molecule has 0 aliphatic heterocycles. The minimum Gasteiger partial charge on any atom is -0.381 e. The van der Waals surface area contributed by atoms with Crippen LogP contribution in [0.5, 0.6) is 0 Å². The number of nitrogens with zero attached hydrogens (tertiary/aromatic N) is 1. The predicted octanol–water partition coefficient (Wildman–Crippen LogP) is 2.88. The van der Waals surface area contributed by atoms with Gasteiger partial charge in [0.25, 0.3) is 0 Å². The molecule has 19 heavy (non-hydrogen) atoms. The zero-order valence-corrected chi connectivity index (χ0v) is 15.5. The van der Waals surface area contributed by atoms with Crippen LogP contribution in [-0.2, 0) is 4.74 Å². The molecule has 0 rings (SSSR count). The molecule has 0 saturated carbocycles. The summed E-state index contributed by atoms with van der Waals surface area (Å²) in [6.45, 7) is 15.1. The minimum atomic E-state index is 0. The summed E-state index contributed by atoms with van der Waals surface area (Å²) in [4.78, 5) is 4.51. The van der Waals surface area contributed by atoms with Crippen molar-refractivity contribution in [2.75, 3.05) is 32.8 Å². The molecule has 0 aromatic rings. The van der Waals surface area contributed by atoms with Gasteiger partial charge in [-0.2, -0.15) is 0 Å². The third kappa shape index (κ3) is 15.9. The average molecular weight is 385 g/mol. The summed E-state index contributed by atoms with van der Waals surface area (Å²) in [6.07, 6.45) is 1.01. The highest BCUT2D eigenvalue weighted by Gasteiger charge is 1.98. The van der Waals surface area contributed by atoms with Crippen molar-refractivity contribution >= 4 is 29.9 Å². The summed E-state index contributed by atoms with van der Waals surface area (Å²) in [7, 11) is 0. The fourth-order valence-corrected chi connectivity index (χ4v) is 1.32. The molecule has 0 aromatic carbocycles. The summed E-state index contributed by atoms with van der Waals surface area (Å²) in [5.74, 6) is 2.12. The second kappa shape index (κ2) is 14.4. The first-order chi connectivity index (χ1) is 8.56. The Bertz CT molecular complexity index is 221. The maximum atomic E-state index is 5.53. The maximum absolute atomic E-state index is 5.53. The number of hydrogen-bond acceptors (Lipinski definition) is 2. The van der Waals surface area contributed by atoms with Crippen molar-refractivity contribution in [3.8, 4) is 0 Å². The Labute approximate surface area is 136 Å². The normalized spacial score (nSPS) is 11.6. The Morgan fingerprint density at radius 1 is 1.11 bits per heavy atom. The topological polar surface area (TPSA) is 45.7 Å². The molecular weight excluding hydrogens is 353 g/mol. The second-order valence-electron chi connectivity index (χ2n) is 5.36. The van der Waals surface area contributed by atoms with Gasteiger partial charge in [-0.15, -0.1) is 24.0 Å². The number of nitrogens with one attached hydrogen (secondary N) is 2. The Hall–Kier alpha value is -0.0400. The Morgan fingerprint density at radius 3 is 2.32 bits per heavy atom. The molecule has 0 aliphatic rings. The van der Waals surface area contributed by atoms with Gasteiger partial charge in [-0.1, -0.05) is 27.7 Å². The molecular formula is C14H32IN3O. The van der Waals surface area contributed by atoms with E-state index in [0.29, 0.717) is 11.8 Å². The van der Waals surface area contributed by atoms with E-state index in [4.69, 9.17) is 4.74 Å². The van der Waals surface area contributed by atoms with E-state index in [1.165, 1.54) is 0 Å². The van der Waals surface area contributed by atoms with Crippen LogP contribution in [0.3, 0.4) is 0 Å². The van der Waals surface area contributed by atoms with Gasteiger partial charge in [-0.3, -0.25) is 4.99 Å². The van der Waals surface area contributed by atoms with Crippen LogP contribution in [0.15, 0.2) is 4.99 Å². The van der Waals surface area contributed by atoms with E-state index >= 15 is 0 Å². The van der Waals surface area contributed by atoms with Crippen molar-refractivity contribution in [3.63, 3.8) is 0 Å². The highest BCUT2D eigenvalue weighted by Crippen LogP contribution is 1.93. The number of guanidine groups is 1. The first kappa shape index (κ1) is 21.3. The van der Waals surface area contributed by atoms with Crippen LogP contribution in [0.4, 0.5) is 0 Å². The largest absolute Gasteiger partial charge is 0.381 e. The first-order valence-electron chi connectivity index (χ1n) is 7.16. The van der Waals surface area contributed by atoms with Crippen molar-refractivity contribution in [1.82, 2.24) is 10.6 Å². The van der Waals surface area contributed by atoms with Gasteiger partial charge in [0.15, 0.2) is 5.96 Å². The average Bonchev–Trinajstić information content (AvgIpc) is 2.29. The fourth-order valence-electron chi connectivity index (χ4n) is 1.32. The van der Waals surface area contributed by atoms with Gasteiger partial charge in [0.2, 0.25) is 0 Å². The smallest absolute Gasteiger partial charge is 0.191 e. The monoisotopic (exact) mass is 385 g/mol. The van der Waals surface area contributed by atoms with Gasteiger partial charge < -0.3 is 15.4 Å². The zero-order chi connectivity index (χ0) is 13.8. The summed E-state index contributed by atoms with van der Waals surface area (Å²) in [6, 6.07) is 0. The Balaban J connectivity index is 0. The van der Waals surface area contributed by atoms with Gasteiger partial charge in [-0.05, 0) is 25.2 Å². The van der Waals surface area contributed by atoms with E-state index in [0.717, 1.165) is 45.2 Å². The van der Waals surface area contributed by atoms with Crippen LogP contribution in [0.2, 0.25) is 0 Å². The molecule has 0 fully saturated rings. The molecule has 116 valence electrons. The summed E-state index contributed by atoms with van der Waals surface area (Å²) < 4.78 is 5.53. The van der Waals surface area contributed by atoms with Crippen LogP contribution in [0.1, 0.15) is 41.0 Å². The predicted molar refractivity (Wildman–Crippen MR) is 94.5 cm³/mol. The van der Waals surface area contributed by atoms with E-state index < -0.39 is 0 Å². The lowest BCUT2D eigenvalue weighted by Crippen LogP contribution is -2.38. The second-order valence-corrected chi connectivity index (χ2v) is 5.36. The van der Waals surface area contributed by atoms with E-state index in [9.17, 15) is 0 Å². The molecule has 0 spiro atoms. The lowest BCUT2D eigenvalue weighted by molar-refractivity contribution is 0.108. The summed E-state index contributed by atoms with van der Waals surface area (Å²) in [5.41, 5.74) is 0. The minimum absolute atomic E-state index is 0. The van der Waals surface area contributed by atoms with Crippen molar-refractivity contribution < 1.29 is 4.74 Å². The number of halogens is 1. The third-order valence-electron chi connectivity index (χ3n) is 2.17. The molecule has 0 atom stereocenters. The zero-order valence-electron chi connectivity index (χ0n) is 13.2. The summed E-state index contributed by atoms with van der Waals surface area (Å²) >= 11 is 0. The highest BCUT2D eigenvalue weighted by atomic mass is 127. The molecule has 2 N–H and O–H groups in total. The lowest BCUT2D eigenvalue weighted by Gasteiger charge is -2.12. The number of ether oxygens (including phenoxy) is 1. The van der Waals surface area contributed by atoms with Crippen molar-refractivity contribution in [2.45, 2.75) is 41.0 Å². The fraction of sp³-hybridized carbons (Fsp3) is 0.929. The molecule has 0 heterocycles. The quantitative estimate of drug-likeness (QED) is 0.278. The van der Waals surface area contributed by atoms with Crippen LogP contribution in [0, 0.1) is 11.8 Å². The van der Waals surface area contributed by atoms with Crippen LogP contribution in [-0.4, -0.2) is 38.8 Å². The molecule has 0 amide bonds. The highest BCUT2D eigenvalue weighted by molar-refractivity contribution is 14.0. The van der Waals surface area contributed by atoms with Gasteiger partial charge in [-0.25, -0.2) is 0 Å². The number of aliphatic imine (C=N–C) groups is 1. The van der Waals surface area contributed by atoms with E-state index in [1.54, 1.807) is 0 Å². The molecule has 0 aromatic heterocycles. The van der Waals surface area contributed by atoms with Gasteiger partial charge in [0.05, 0.1) is 0 Å². The first-order valence-corrected chi connectivity index (χ1v) is 7.16. The van der Waals surface area contributed by atoms with Crippen LogP contribution >= 0.6 is 24.0 Å². The molecule has 0 radical (unpaired) electrons. The molecule has 0 bridgehead atoms. The lowest BCUT2D eigenvalue weighted by atomic mass is 10.2. The van der Waals surface area contributed by atoms with E-state index in [-0.39, 0.29) is 24.0 Å². The van der Waals surface area contributed by atoms with Crippen molar-refractivity contribution in [2.24, 2.45) is 16.8 Å². The van der Waals surface area contributed by atoms with Gasteiger partial charge >= 0.3 is 0 Å². The van der Waals surface area contributed by atoms with Crippen molar-refractivity contribution in [3.05, 3.63) is 0 Å².